The summed E-state index contributed by atoms with van der Waals surface area (Å²) in [4.78, 5) is 47.4. The van der Waals surface area contributed by atoms with Crippen LogP contribution in [0.25, 0.3) is 0 Å². The molecule has 0 aliphatic rings. The van der Waals surface area contributed by atoms with Crippen LogP contribution in [0.15, 0.2) is 48.5 Å². The van der Waals surface area contributed by atoms with E-state index < -0.39 is 18.5 Å². The SMILES string of the molecule is CCNC(=O)c1cccc(NC(=O)COC(=O)CCNC(=O)c2ccc(Cl)cc2)c1. The van der Waals surface area contributed by atoms with Gasteiger partial charge in [-0.25, -0.2) is 0 Å². The van der Waals surface area contributed by atoms with Gasteiger partial charge in [-0.3, -0.25) is 19.2 Å². The van der Waals surface area contributed by atoms with E-state index in [0.717, 1.165) is 0 Å². The molecule has 0 bridgehead atoms. The Morgan fingerprint density at radius 1 is 0.933 bits per heavy atom. The smallest absolute Gasteiger partial charge is 0.308 e. The molecule has 2 aromatic carbocycles. The number of anilines is 1. The second-order valence-corrected chi connectivity index (χ2v) is 6.60. The number of halogens is 1. The van der Waals surface area contributed by atoms with Gasteiger partial charge in [0.2, 0.25) is 0 Å². The summed E-state index contributed by atoms with van der Waals surface area (Å²) in [6.07, 6.45) is -0.0840. The number of ether oxygens (including phenoxy) is 1. The van der Waals surface area contributed by atoms with Crippen molar-refractivity contribution in [2.45, 2.75) is 13.3 Å². The van der Waals surface area contributed by atoms with Crippen LogP contribution in [-0.4, -0.2) is 43.4 Å². The number of rotatable bonds is 9. The van der Waals surface area contributed by atoms with E-state index in [0.29, 0.717) is 28.4 Å². The first kappa shape index (κ1) is 22.9. The van der Waals surface area contributed by atoms with Crippen LogP contribution in [0.4, 0.5) is 5.69 Å². The van der Waals surface area contributed by atoms with Crippen LogP contribution < -0.4 is 16.0 Å². The summed E-state index contributed by atoms with van der Waals surface area (Å²) in [5.41, 5.74) is 1.24. The Balaban J connectivity index is 1.71. The van der Waals surface area contributed by atoms with Crippen molar-refractivity contribution >= 4 is 41.0 Å². The Morgan fingerprint density at radius 3 is 2.33 bits per heavy atom. The maximum Gasteiger partial charge on any atom is 0.308 e. The molecule has 9 heteroatoms. The molecule has 0 radical (unpaired) electrons. The van der Waals surface area contributed by atoms with Crippen LogP contribution in [0, 0.1) is 0 Å². The van der Waals surface area contributed by atoms with Gasteiger partial charge in [0.05, 0.1) is 6.42 Å². The summed E-state index contributed by atoms with van der Waals surface area (Å²) in [5, 5.41) is 8.32. The summed E-state index contributed by atoms with van der Waals surface area (Å²) in [6, 6.07) is 12.7. The highest BCUT2D eigenvalue weighted by Gasteiger charge is 2.11. The minimum atomic E-state index is -0.627. The first-order valence-electron chi connectivity index (χ1n) is 9.26. The number of carbonyl (C=O) groups is 4. The van der Waals surface area contributed by atoms with Crippen LogP contribution in [0.2, 0.25) is 5.02 Å². The van der Waals surface area contributed by atoms with Crippen molar-refractivity contribution in [2.24, 2.45) is 0 Å². The van der Waals surface area contributed by atoms with Gasteiger partial charge in [0.25, 0.3) is 17.7 Å². The van der Waals surface area contributed by atoms with Gasteiger partial charge >= 0.3 is 5.97 Å². The average Bonchev–Trinajstić information content (AvgIpc) is 2.73. The lowest BCUT2D eigenvalue weighted by atomic mass is 10.2. The van der Waals surface area contributed by atoms with Gasteiger partial charge in [0.1, 0.15) is 0 Å². The fourth-order valence-electron chi connectivity index (χ4n) is 2.40. The molecule has 3 amide bonds. The number of benzene rings is 2. The zero-order chi connectivity index (χ0) is 21.9. The summed E-state index contributed by atoms with van der Waals surface area (Å²) in [6.45, 7) is 1.89. The predicted octanol–water partition coefficient (Wildman–Crippen LogP) is 2.39. The third kappa shape index (κ3) is 7.56. The molecular formula is C21H22ClN3O5. The number of hydrogen-bond donors (Lipinski definition) is 3. The molecular weight excluding hydrogens is 410 g/mol. The predicted molar refractivity (Wildman–Crippen MR) is 112 cm³/mol. The number of nitrogens with one attached hydrogen (secondary N) is 3. The van der Waals surface area contributed by atoms with Crippen molar-refractivity contribution in [2.75, 3.05) is 25.0 Å². The lowest BCUT2D eigenvalue weighted by Gasteiger charge is -2.09. The molecule has 0 saturated carbocycles. The van der Waals surface area contributed by atoms with Gasteiger partial charge in [0.15, 0.2) is 6.61 Å². The van der Waals surface area contributed by atoms with Crippen LogP contribution >= 0.6 is 11.6 Å². The molecule has 2 rings (SSSR count). The molecule has 0 aliphatic carbocycles. The Kier molecular flexibility index (Phi) is 8.83. The molecule has 0 aromatic heterocycles. The maximum atomic E-state index is 11.9. The van der Waals surface area contributed by atoms with E-state index in [1.807, 2.05) is 0 Å². The van der Waals surface area contributed by atoms with Gasteiger partial charge in [0, 0.05) is 34.9 Å². The average molecular weight is 432 g/mol. The van der Waals surface area contributed by atoms with E-state index >= 15 is 0 Å². The molecule has 0 heterocycles. The molecule has 0 unspecified atom stereocenters. The van der Waals surface area contributed by atoms with E-state index in [-0.39, 0.29) is 24.8 Å². The highest BCUT2D eigenvalue weighted by atomic mass is 35.5. The summed E-state index contributed by atoms with van der Waals surface area (Å²) < 4.78 is 4.90. The molecule has 0 atom stereocenters. The lowest BCUT2D eigenvalue weighted by molar-refractivity contribution is -0.147. The maximum absolute atomic E-state index is 11.9. The molecule has 0 aliphatic heterocycles. The number of amides is 3. The zero-order valence-corrected chi connectivity index (χ0v) is 17.1. The summed E-state index contributed by atoms with van der Waals surface area (Å²) in [7, 11) is 0. The fourth-order valence-corrected chi connectivity index (χ4v) is 2.52. The molecule has 30 heavy (non-hydrogen) atoms. The summed E-state index contributed by atoms with van der Waals surface area (Å²) in [5.74, 6) is -1.76. The Hall–Kier alpha value is -3.39. The third-order valence-electron chi connectivity index (χ3n) is 3.83. The largest absolute Gasteiger partial charge is 0.456 e. The van der Waals surface area contributed by atoms with Crippen molar-refractivity contribution in [3.8, 4) is 0 Å². The van der Waals surface area contributed by atoms with Crippen LogP contribution in [0.1, 0.15) is 34.1 Å². The fraction of sp³-hybridized carbons (Fsp3) is 0.238. The van der Waals surface area contributed by atoms with E-state index in [9.17, 15) is 19.2 Å². The van der Waals surface area contributed by atoms with Gasteiger partial charge in [-0.1, -0.05) is 17.7 Å². The van der Waals surface area contributed by atoms with Gasteiger partial charge in [-0.15, -0.1) is 0 Å². The second kappa shape index (κ2) is 11.6. The summed E-state index contributed by atoms with van der Waals surface area (Å²) >= 11 is 5.76. The van der Waals surface area contributed by atoms with E-state index in [2.05, 4.69) is 16.0 Å². The van der Waals surface area contributed by atoms with Gasteiger partial charge in [-0.05, 0) is 49.4 Å². The molecule has 0 saturated heterocycles. The molecule has 3 N–H and O–H groups in total. The van der Waals surface area contributed by atoms with Gasteiger partial charge in [-0.2, -0.15) is 0 Å². The topological polar surface area (TPSA) is 114 Å². The van der Waals surface area contributed by atoms with Crippen molar-refractivity contribution in [3.05, 3.63) is 64.7 Å². The lowest BCUT2D eigenvalue weighted by Crippen LogP contribution is -2.27. The normalized spacial score (nSPS) is 10.1. The van der Waals surface area contributed by atoms with Crippen LogP contribution in [0.5, 0.6) is 0 Å². The molecule has 2 aromatic rings. The van der Waals surface area contributed by atoms with Crippen molar-refractivity contribution in [3.63, 3.8) is 0 Å². The second-order valence-electron chi connectivity index (χ2n) is 6.16. The van der Waals surface area contributed by atoms with Gasteiger partial charge < -0.3 is 20.7 Å². The monoisotopic (exact) mass is 431 g/mol. The number of carbonyl (C=O) groups excluding carboxylic acids is 4. The Bertz CT molecular complexity index is 915. The minimum absolute atomic E-state index is 0.0660. The van der Waals surface area contributed by atoms with E-state index in [1.54, 1.807) is 49.4 Å². The first-order chi connectivity index (χ1) is 14.4. The van der Waals surface area contributed by atoms with Crippen LogP contribution in [0.3, 0.4) is 0 Å². The van der Waals surface area contributed by atoms with E-state index in [4.69, 9.17) is 16.3 Å². The quantitative estimate of drug-likeness (QED) is 0.527. The molecule has 8 nitrogen and oxygen atoms in total. The highest BCUT2D eigenvalue weighted by molar-refractivity contribution is 6.30. The first-order valence-corrected chi connectivity index (χ1v) is 9.64. The van der Waals surface area contributed by atoms with Crippen molar-refractivity contribution in [1.29, 1.82) is 0 Å². The molecule has 0 spiro atoms. The number of esters is 1. The highest BCUT2D eigenvalue weighted by Crippen LogP contribution is 2.11. The number of hydrogen-bond acceptors (Lipinski definition) is 5. The Labute approximate surface area is 178 Å². The molecule has 0 fully saturated rings. The standard InChI is InChI=1S/C21H22ClN3O5/c1-2-23-21(29)15-4-3-5-17(12-15)25-18(26)13-30-19(27)10-11-24-20(28)14-6-8-16(22)9-7-14/h3-9,12H,2,10-11,13H2,1H3,(H,23,29)(H,24,28)(H,25,26). The van der Waals surface area contributed by atoms with Crippen molar-refractivity contribution < 1.29 is 23.9 Å². The van der Waals surface area contributed by atoms with Crippen LogP contribution in [-0.2, 0) is 14.3 Å². The van der Waals surface area contributed by atoms with E-state index in [1.165, 1.54) is 6.07 Å². The minimum Gasteiger partial charge on any atom is -0.456 e. The Morgan fingerprint density at radius 2 is 1.63 bits per heavy atom. The molecule has 158 valence electrons. The zero-order valence-electron chi connectivity index (χ0n) is 16.4. The van der Waals surface area contributed by atoms with Crippen molar-refractivity contribution in [1.82, 2.24) is 10.6 Å². The third-order valence-corrected chi connectivity index (χ3v) is 4.08.